The maximum absolute atomic E-state index is 12.4. The molecule has 1 fully saturated rings. The van der Waals surface area contributed by atoms with Crippen LogP contribution >= 0.6 is 0 Å². The van der Waals surface area contributed by atoms with Gasteiger partial charge in [-0.2, -0.15) is 0 Å². The second-order valence-corrected chi connectivity index (χ2v) is 5.94. The Morgan fingerprint density at radius 2 is 2.25 bits per heavy atom. The van der Waals surface area contributed by atoms with Gasteiger partial charge in [0.05, 0.1) is 6.42 Å². The number of hydrogen-bond acceptors (Lipinski definition) is 2. The van der Waals surface area contributed by atoms with Crippen LogP contribution in [0, 0.1) is 12.8 Å². The van der Waals surface area contributed by atoms with Crippen LogP contribution in [-0.2, 0) is 11.2 Å². The number of amides is 1. The van der Waals surface area contributed by atoms with Crippen molar-refractivity contribution in [2.24, 2.45) is 5.92 Å². The predicted octanol–water partition coefficient (Wildman–Crippen LogP) is 2.38. The lowest BCUT2D eigenvalue weighted by atomic mass is 9.93. The highest BCUT2D eigenvalue weighted by atomic mass is 16.2. The van der Waals surface area contributed by atoms with E-state index in [4.69, 9.17) is 0 Å². The third kappa shape index (κ3) is 3.83. The zero-order valence-electron chi connectivity index (χ0n) is 12.9. The molecule has 3 nitrogen and oxygen atoms in total. The summed E-state index contributed by atoms with van der Waals surface area (Å²) in [5.41, 5.74) is 2.34. The molecule has 110 valence electrons. The van der Waals surface area contributed by atoms with E-state index in [-0.39, 0.29) is 5.91 Å². The van der Waals surface area contributed by atoms with E-state index in [1.807, 2.05) is 17.0 Å². The molecule has 1 N–H and O–H groups in total. The number of piperidine rings is 1. The highest BCUT2D eigenvalue weighted by Crippen LogP contribution is 2.18. The standard InChI is InChI=1S/C17H26N2O/c1-4-18-16-8-9-19(12-14(16)3)17(20)11-15-7-5-6-13(2)10-15/h5-7,10,14,16,18H,4,8-9,11-12H2,1-3H3. The van der Waals surface area contributed by atoms with E-state index in [1.54, 1.807) is 0 Å². The molecule has 2 rings (SSSR count). The minimum atomic E-state index is 0.261. The fourth-order valence-electron chi connectivity index (χ4n) is 3.05. The first-order valence-electron chi connectivity index (χ1n) is 7.67. The molecule has 2 atom stereocenters. The predicted molar refractivity (Wildman–Crippen MR) is 82.7 cm³/mol. The molecule has 1 amide bonds. The summed E-state index contributed by atoms with van der Waals surface area (Å²) in [5.74, 6) is 0.794. The number of likely N-dealkylation sites (tertiary alicyclic amines) is 1. The van der Waals surface area contributed by atoms with Crippen molar-refractivity contribution in [3.63, 3.8) is 0 Å². The van der Waals surface area contributed by atoms with Gasteiger partial charge in [-0.05, 0) is 31.4 Å². The van der Waals surface area contributed by atoms with Crippen LogP contribution in [0.1, 0.15) is 31.4 Å². The summed E-state index contributed by atoms with van der Waals surface area (Å²) in [4.78, 5) is 14.4. The number of benzene rings is 1. The number of hydrogen-bond donors (Lipinski definition) is 1. The molecule has 0 bridgehead atoms. The Morgan fingerprint density at radius 1 is 1.45 bits per heavy atom. The van der Waals surface area contributed by atoms with Gasteiger partial charge in [0.2, 0.25) is 5.91 Å². The molecule has 0 saturated carbocycles. The number of rotatable bonds is 4. The second kappa shape index (κ2) is 6.89. The first-order chi connectivity index (χ1) is 9.60. The smallest absolute Gasteiger partial charge is 0.227 e. The van der Waals surface area contributed by atoms with Gasteiger partial charge in [0.15, 0.2) is 0 Å². The summed E-state index contributed by atoms with van der Waals surface area (Å²) >= 11 is 0. The number of nitrogens with one attached hydrogen (secondary N) is 1. The Morgan fingerprint density at radius 3 is 2.90 bits per heavy atom. The summed E-state index contributed by atoms with van der Waals surface area (Å²) in [6.45, 7) is 9.21. The average Bonchev–Trinajstić information content (AvgIpc) is 2.41. The van der Waals surface area contributed by atoms with Crippen LogP contribution in [-0.4, -0.2) is 36.5 Å². The average molecular weight is 274 g/mol. The van der Waals surface area contributed by atoms with E-state index in [2.05, 4.69) is 38.2 Å². The van der Waals surface area contributed by atoms with E-state index in [0.29, 0.717) is 18.4 Å². The van der Waals surface area contributed by atoms with Gasteiger partial charge in [-0.1, -0.05) is 43.7 Å². The number of nitrogens with zero attached hydrogens (tertiary/aromatic N) is 1. The number of aryl methyl sites for hydroxylation is 1. The van der Waals surface area contributed by atoms with Gasteiger partial charge in [0, 0.05) is 19.1 Å². The summed E-state index contributed by atoms with van der Waals surface area (Å²) in [6.07, 6.45) is 1.59. The lowest BCUT2D eigenvalue weighted by Crippen LogP contribution is -2.50. The first-order valence-corrected chi connectivity index (χ1v) is 7.67. The highest BCUT2D eigenvalue weighted by molar-refractivity contribution is 5.79. The van der Waals surface area contributed by atoms with Crippen molar-refractivity contribution in [1.82, 2.24) is 10.2 Å². The van der Waals surface area contributed by atoms with Crippen LogP contribution in [0.4, 0.5) is 0 Å². The Bertz CT molecular complexity index is 458. The SMILES string of the molecule is CCNC1CCN(C(=O)Cc2cccc(C)c2)CC1C. The van der Waals surface area contributed by atoms with E-state index >= 15 is 0 Å². The fraction of sp³-hybridized carbons (Fsp3) is 0.588. The Kier molecular flexibility index (Phi) is 5.18. The van der Waals surface area contributed by atoms with Crippen LogP contribution in [0.25, 0.3) is 0 Å². The normalized spacial score (nSPS) is 22.9. The van der Waals surface area contributed by atoms with Crippen molar-refractivity contribution in [1.29, 1.82) is 0 Å². The topological polar surface area (TPSA) is 32.3 Å². The first kappa shape index (κ1) is 15.0. The molecule has 2 unspecified atom stereocenters. The molecule has 1 aliphatic rings. The maximum atomic E-state index is 12.4. The van der Waals surface area contributed by atoms with Crippen molar-refractivity contribution in [3.8, 4) is 0 Å². The number of carbonyl (C=O) groups excluding carboxylic acids is 1. The van der Waals surface area contributed by atoms with E-state index in [1.165, 1.54) is 5.56 Å². The second-order valence-electron chi connectivity index (χ2n) is 5.94. The molecule has 1 aliphatic heterocycles. The Hall–Kier alpha value is -1.35. The minimum Gasteiger partial charge on any atom is -0.342 e. The highest BCUT2D eigenvalue weighted by Gasteiger charge is 2.27. The van der Waals surface area contributed by atoms with E-state index in [9.17, 15) is 4.79 Å². The summed E-state index contributed by atoms with van der Waals surface area (Å²) < 4.78 is 0. The van der Waals surface area contributed by atoms with E-state index in [0.717, 1.165) is 31.6 Å². The van der Waals surface area contributed by atoms with Crippen molar-refractivity contribution < 1.29 is 4.79 Å². The summed E-state index contributed by atoms with van der Waals surface area (Å²) in [6, 6.07) is 8.80. The van der Waals surface area contributed by atoms with Crippen LogP contribution in [0.3, 0.4) is 0 Å². The maximum Gasteiger partial charge on any atom is 0.227 e. The molecule has 20 heavy (non-hydrogen) atoms. The molecule has 1 aromatic carbocycles. The van der Waals surface area contributed by atoms with Crippen molar-refractivity contribution in [2.45, 2.75) is 39.7 Å². The molecule has 0 aromatic heterocycles. The molecule has 1 aromatic rings. The summed E-state index contributed by atoms with van der Waals surface area (Å²) in [5, 5.41) is 3.51. The van der Waals surface area contributed by atoms with Gasteiger partial charge < -0.3 is 10.2 Å². The van der Waals surface area contributed by atoms with E-state index < -0.39 is 0 Å². The summed E-state index contributed by atoms with van der Waals surface area (Å²) in [7, 11) is 0. The van der Waals surface area contributed by atoms with Gasteiger partial charge in [-0.15, -0.1) is 0 Å². The van der Waals surface area contributed by atoms with Gasteiger partial charge in [0.1, 0.15) is 0 Å². The van der Waals surface area contributed by atoms with Crippen LogP contribution in [0.5, 0.6) is 0 Å². The van der Waals surface area contributed by atoms with Gasteiger partial charge in [0.25, 0.3) is 0 Å². The van der Waals surface area contributed by atoms with Gasteiger partial charge in [-0.3, -0.25) is 4.79 Å². The van der Waals surface area contributed by atoms with Crippen molar-refractivity contribution in [3.05, 3.63) is 35.4 Å². The molecule has 0 radical (unpaired) electrons. The van der Waals surface area contributed by atoms with Crippen LogP contribution in [0.15, 0.2) is 24.3 Å². The van der Waals surface area contributed by atoms with Gasteiger partial charge >= 0.3 is 0 Å². The lowest BCUT2D eigenvalue weighted by molar-refractivity contribution is -0.132. The third-order valence-corrected chi connectivity index (χ3v) is 4.16. The van der Waals surface area contributed by atoms with Crippen molar-refractivity contribution >= 4 is 5.91 Å². The molecule has 0 spiro atoms. The molecule has 3 heteroatoms. The van der Waals surface area contributed by atoms with Crippen molar-refractivity contribution in [2.75, 3.05) is 19.6 Å². The molecular formula is C17H26N2O. The van der Waals surface area contributed by atoms with Gasteiger partial charge in [-0.25, -0.2) is 0 Å². The lowest BCUT2D eigenvalue weighted by Gasteiger charge is -2.37. The molecular weight excluding hydrogens is 248 g/mol. The Balaban J connectivity index is 1.91. The minimum absolute atomic E-state index is 0.261. The largest absolute Gasteiger partial charge is 0.342 e. The molecule has 1 saturated heterocycles. The van der Waals surface area contributed by atoms with Crippen LogP contribution in [0.2, 0.25) is 0 Å². The van der Waals surface area contributed by atoms with Crippen LogP contribution < -0.4 is 5.32 Å². The molecule has 1 heterocycles. The Labute approximate surface area is 122 Å². The third-order valence-electron chi connectivity index (χ3n) is 4.16. The quantitative estimate of drug-likeness (QED) is 0.914. The monoisotopic (exact) mass is 274 g/mol. The zero-order valence-corrected chi connectivity index (χ0v) is 12.9. The number of carbonyl (C=O) groups is 1. The molecule has 0 aliphatic carbocycles. The zero-order chi connectivity index (χ0) is 14.5. The fourth-order valence-corrected chi connectivity index (χ4v) is 3.05.